The van der Waals surface area contributed by atoms with Crippen LogP contribution in [0.5, 0.6) is 17.4 Å². The minimum absolute atomic E-state index is 0.0500. The number of halogens is 1. The van der Waals surface area contributed by atoms with Gasteiger partial charge in [0.15, 0.2) is 19.0 Å². The third-order valence-corrected chi connectivity index (χ3v) is 4.35. The molecule has 0 bridgehead atoms. The summed E-state index contributed by atoms with van der Waals surface area (Å²) in [6.07, 6.45) is 1.64. The first-order chi connectivity index (χ1) is 15.2. The summed E-state index contributed by atoms with van der Waals surface area (Å²) in [6.45, 7) is -0.309. The predicted octanol–water partition coefficient (Wildman–Crippen LogP) is 5.30. The van der Waals surface area contributed by atoms with Crippen molar-refractivity contribution in [2.24, 2.45) is 0 Å². The van der Waals surface area contributed by atoms with Crippen LogP contribution in [0.3, 0.4) is 0 Å². The number of rotatable bonds is 8. The van der Waals surface area contributed by atoms with Crippen LogP contribution in [-0.4, -0.2) is 22.7 Å². The van der Waals surface area contributed by atoms with Gasteiger partial charge in [0.1, 0.15) is 17.2 Å². The highest BCUT2D eigenvalue weighted by molar-refractivity contribution is 6.30. The van der Waals surface area contributed by atoms with Gasteiger partial charge in [-0.3, -0.25) is 0 Å². The van der Waals surface area contributed by atoms with Crippen molar-refractivity contribution >= 4 is 17.6 Å². The minimum Gasteiger partial charge on any atom is -0.482 e. The Morgan fingerprint density at radius 2 is 1.81 bits per heavy atom. The van der Waals surface area contributed by atoms with Crippen LogP contribution >= 0.6 is 11.6 Å². The van der Waals surface area contributed by atoms with E-state index in [0.717, 1.165) is 5.56 Å². The molecule has 0 radical (unpaired) electrons. The predicted molar refractivity (Wildman–Crippen MR) is 113 cm³/mol. The summed E-state index contributed by atoms with van der Waals surface area (Å²) in [5, 5.41) is 4.61. The number of benzene rings is 2. The van der Waals surface area contributed by atoms with Crippen molar-refractivity contribution in [3.63, 3.8) is 0 Å². The fourth-order valence-electron chi connectivity index (χ4n) is 2.63. The molecule has 2 aromatic carbocycles. The summed E-state index contributed by atoms with van der Waals surface area (Å²) in [4.78, 5) is 16.1. The summed E-state index contributed by atoms with van der Waals surface area (Å²) < 4.78 is 21.5. The number of aromatic nitrogens is 2. The van der Waals surface area contributed by atoms with E-state index < -0.39 is 5.97 Å². The van der Waals surface area contributed by atoms with E-state index in [-0.39, 0.29) is 13.2 Å². The minimum atomic E-state index is -0.541. The first-order valence-corrected chi connectivity index (χ1v) is 9.72. The zero-order valence-corrected chi connectivity index (χ0v) is 17.0. The fraction of sp³-hybridized carbons (Fsp3) is 0.0870. The van der Waals surface area contributed by atoms with Gasteiger partial charge in [0.05, 0.1) is 0 Å². The molecule has 7 nitrogen and oxygen atoms in total. The Hall–Kier alpha value is -3.84. The quantitative estimate of drug-likeness (QED) is 0.346. The van der Waals surface area contributed by atoms with E-state index in [1.807, 2.05) is 18.2 Å². The summed E-state index contributed by atoms with van der Waals surface area (Å²) in [6, 6.07) is 21.2. The number of nitrogens with zero attached hydrogens (tertiary/aromatic N) is 2. The largest absolute Gasteiger partial charge is 0.482 e. The summed E-state index contributed by atoms with van der Waals surface area (Å²) in [5.74, 6) is 1.35. The van der Waals surface area contributed by atoms with Gasteiger partial charge in [-0.25, -0.2) is 9.78 Å². The van der Waals surface area contributed by atoms with Crippen LogP contribution in [0.2, 0.25) is 5.02 Å². The Kier molecular flexibility index (Phi) is 6.44. The Morgan fingerprint density at radius 1 is 0.968 bits per heavy atom. The van der Waals surface area contributed by atoms with E-state index in [9.17, 15) is 4.79 Å². The van der Waals surface area contributed by atoms with Gasteiger partial charge in [0.2, 0.25) is 5.88 Å². The number of pyridine rings is 1. The maximum absolute atomic E-state index is 12.0. The van der Waals surface area contributed by atoms with Crippen molar-refractivity contribution in [1.82, 2.24) is 10.1 Å². The van der Waals surface area contributed by atoms with Crippen LogP contribution in [0.1, 0.15) is 5.76 Å². The molecular weight excluding hydrogens is 420 g/mol. The second kappa shape index (κ2) is 9.77. The molecule has 0 amide bonds. The van der Waals surface area contributed by atoms with Crippen molar-refractivity contribution in [1.29, 1.82) is 0 Å². The second-order valence-corrected chi connectivity index (χ2v) is 6.82. The molecule has 0 aliphatic heterocycles. The molecule has 0 aliphatic rings. The molecule has 0 aliphatic carbocycles. The summed E-state index contributed by atoms with van der Waals surface area (Å²) in [7, 11) is 0. The first-order valence-electron chi connectivity index (χ1n) is 9.34. The van der Waals surface area contributed by atoms with Gasteiger partial charge < -0.3 is 18.7 Å². The monoisotopic (exact) mass is 436 g/mol. The van der Waals surface area contributed by atoms with E-state index in [4.69, 9.17) is 30.3 Å². The maximum atomic E-state index is 12.0. The SMILES string of the molecule is O=C(COc1cccc(Oc2ccccn2)c1)OCc1cc(-c2ccc(Cl)cc2)no1. The van der Waals surface area contributed by atoms with Gasteiger partial charge in [-0.1, -0.05) is 41.0 Å². The lowest BCUT2D eigenvalue weighted by atomic mass is 10.1. The van der Waals surface area contributed by atoms with Gasteiger partial charge in [-0.05, 0) is 30.3 Å². The highest BCUT2D eigenvalue weighted by Gasteiger charge is 2.11. The highest BCUT2D eigenvalue weighted by atomic mass is 35.5. The second-order valence-electron chi connectivity index (χ2n) is 6.38. The van der Waals surface area contributed by atoms with E-state index in [1.165, 1.54) is 0 Å². The third-order valence-electron chi connectivity index (χ3n) is 4.10. The standard InChI is InChI=1S/C23H17ClN2O5/c24-17-9-7-16(8-10-17)21-13-20(31-26-21)14-29-23(27)15-28-18-4-3-5-19(12-18)30-22-6-1-2-11-25-22/h1-13H,14-15H2. The Morgan fingerprint density at radius 3 is 2.61 bits per heavy atom. The van der Waals surface area contributed by atoms with Crippen molar-refractivity contribution < 1.29 is 23.5 Å². The van der Waals surface area contributed by atoms with Crippen LogP contribution in [0.15, 0.2) is 83.5 Å². The maximum Gasteiger partial charge on any atom is 0.344 e. The van der Waals surface area contributed by atoms with E-state index in [1.54, 1.807) is 60.8 Å². The first kappa shape index (κ1) is 20.4. The fourth-order valence-corrected chi connectivity index (χ4v) is 2.75. The Bertz CT molecular complexity index is 1150. The molecule has 4 aromatic rings. The van der Waals surface area contributed by atoms with Crippen LogP contribution in [0.4, 0.5) is 0 Å². The summed E-state index contributed by atoms with van der Waals surface area (Å²) in [5.41, 5.74) is 1.48. The van der Waals surface area contributed by atoms with Crippen LogP contribution in [0, 0.1) is 0 Å². The van der Waals surface area contributed by atoms with Crippen LogP contribution in [0.25, 0.3) is 11.3 Å². The number of esters is 1. The molecule has 2 aromatic heterocycles. The Labute approximate surface area is 183 Å². The highest BCUT2D eigenvalue weighted by Crippen LogP contribution is 2.24. The molecule has 0 N–H and O–H groups in total. The molecule has 4 rings (SSSR count). The van der Waals surface area contributed by atoms with Crippen molar-refractivity contribution in [3.8, 4) is 28.6 Å². The van der Waals surface area contributed by atoms with E-state index >= 15 is 0 Å². The topological polar surface area (TPSA) is 83.7 Å². The molecule has 0 atom stereocenters. The van der Waals surface area contributed by atoms with Crippen molar-refractivity contribution in [2.75, 3.05) is 6.61 Å². The normalized spacial score (nSPS) is 10.5. The lowest BCUT2D eigenvalue weighted by molar-refractivity contribution is -0.147. The number of hydrogen-bond acceptors (Lipinski definition) is 7. The molecular formula is C23H17ClN2O5. The van der Waals surface area contributed by atoms with Gasteiger partial charge in [-0.15, -0.1) is 0 Å². The molecule has 0 saturated heterocycles. The zero-order valence-electron chi connectivity index (χ0n) is 16.2. The zero-order chi connectivity index (χ0) is 21.5. The lowest BCUT2D eigenvalue weighted by Crippen LogP contribution is -2.14. The molecule has 8 heteroatoms. The number of carbonyl (C=O) groups excluding carboxylic acids is 1. The molecule has 0 unspecified atom stereocenters. The smallest absolute Gasteiger partial charge is 0.344 e. The van der Waals surface area contributed by atoms with Gasteiger partial charge in [0, 0.05) is 35.0 Å². The van der Waals surface area contributed by atoms with E-state index in [2.05, 4.69) is 10.1 Å². The van der Waals surface area contributed by atoms with Gasteiger partial charge in [0.25, 0.3) is 0 Å². The number of hydrogen-bond donors (Lipinski definition) is 0. The molecule has 0 spiro atoms. The number of carbonyl (C=O) groups is 1. The molecule has 156 valence electrons. The van der Waals surface area contributed by atoms with Crippen molar-refractivity contribution in [3.05, 3.63) is 89.8 Å². The van der Waals surface area contributed by atoms with Crippen molar-refractivity contribution in [2.45, 2.75) is 6.61 Å². The Balaban J connectivity index is 1.26. The molecule has 2 heterocycles. The van der Waals surface area contributed by atoms with Crippen LogP contribution < -0.4 is 9.47 Å². The average molecular weight is 437 g/mol. The van der Waals surface area contributed by atoms with Crippen LogP contribution in [-0.2, 0) is 16.1 Å². The third kappa shape index (κ3) is 5.83. The summed E-state index contributed by atoms with van der Waals surface area (Å²) >= 11 is 5.88. The average Bonchev–Trinajstić information content (AvgIpc) is 3.27. The number of ether oxygens (including phenoxy) is 3. The van der Waals surface area contributed by atoms with Gasteiger partial charge in [-0.2, -0.15) is 0 Å². The lowest BCUT2D eigenvalue weighted by Gasteiger charge is -2.08. The molecule has 0 fully saturated rings. The van der Waals surface area contributed by atoms with E-state index in [0.29, 0.717) is 33.9 Å². The molecule has 0 saturated carbocycles. The molecule has 31 heavy (non-hydrogen) atoms. The van der Waals surface area contributed by atoms with Gasteiger partial charge >= 0.3 is 5.97 Å².